The van der Waals surface area contributed by atoms with Crippen molar-refractivity contribution in [1.29, 1.82) is 0 Å². The van der Waals surface area contributed by atoms with Crippen LogP contribution in [0.3, 0.4) is 0 Å². The maximum absolute atomic E-state index is 11.6. The number of carbonyl (C=O) groups is 2. The number of primary amides is 1. The van der Waals surface area contributed by atoms with E-state index in [9.17, 15) is 9.59 Å². The molecule has 3 N–H and O–H groups in total. The summed E-state index contributed by atoms with van der Waals surface area (Å²) in [6.45, 7) is -0.230. The second-order valence-corrected chi connectivity index (χ2v) is 3.59. The fourth-order valence-corrected chi connectivity index (χ4v) is 1.38. The largest absolute Gasteiger partial charge is 0.368 e. The summed E-state index contributed by atoms with van der Waals surface area (Å²) in [5.74, 6) is -0.630. The lowest BCUT2D eigenvalue weighted by Gasteiger charge is -1.97. The van der Waals surface area contributed by atoms with Crippen LogP contribution in [-0.4, -0.2) is 23.5 Å². The minimum absolute atomic E-state index is 0.107. The van der Waals surface area contributed by atoms with Crippen LogP contribution < -0.4 is 11.1 Å². The molecular weight excluding hydrogens is 234 g/mol. The number of nitrogens with two attached hydrogens (primary N) is 1. The predicted molar refractivity (Wildman–Crippen MR) is 63.5 cm³/mol. The monoisotopic (exact) mass is 245 g/mol. The Bertz CT molecular complexity index is 563. The zero-order valence-corrected chi connectivity index (χ0v) is 9.42. The van der Waals surface area contributed by atoms with Gasteiger partial charge in [-0.25, -0.2) is 0 Å². The highest BCUT2D eigenvalue weighted by Gasteiger charge is 2.13. The van der Waals surface area contributed by atoms with Crippen LogP contribution in [0.15, 0.2) is 40.9 Å². The number of hydrogen-bond donors (Lipinski definition) is 2. The zero-order chi connectivity index (χ0) is 13.0. The van der Waals surface area contributed by atoms with Gasteiger partial charge >= 0.3 is 0 Å². The van der Waals surface area contributed by atoms with Gasteiger partial charge in [0.2, 0.25) is 5.91 Å². The summed E-state index contributed by atoms with van der Waals surface area (Å²) in [7, 11) is 0. The van der Waals surface area contributed by atoms with Crippen molar-refractivity contribution in [3.63, 3.8) is 0 Å². The van der Waals surface area contributed by atoms with Crippen molar-refractivity contribution in [3.8, 4) is 11.3 Å². The number of benzene rings is 1. The summed E-state index contributed by atoms with van der Waals surface area (Å²) in [5.41, 5.74) is 5.84. The van der Waals surface area contributed by atoms with E-state index < -0.39 is 11.8 Å². The SMILES string of the molecule is NC(=O)CNC(=O)c1cc(-c2ccccc2)on1. The Labute approximate surface area is 103 Å². The molecule has 0 fully saturated rings. The van der Waals surface area contributed by atoms with Gasteiger partial charge in [0.05, 0.1) is 6.54 Å². The van der Waals surface area contributed by atoms with E-state index >= 15 is 0 Å². The summed E-state index contributed by atoms with van der Waals surface area (Å²) >= 11 is 0. The first-order chi connectivity index (χ1) is 8.66. The Morgan fingerprint density at radius 3 is 2.67 bits per heavy atom. The first kappa shape index (κ1) is 11.8. The molecule has 18 heavy (non-hydrogen) atoms. The van der Waals surface area contributed by atoms with Crippen molar-refractivity contribution in [1.82, 2.24) is 10.5 Å². The molecular formula is C12H11N3O3. The van der Waals surface area contributed by atoms with Crippen molar-refractivity contribution < 1.29 is 14.1 Å². The van der Waals surface area contributed by atoms with E-state index in [1.165, 1.54) is 6.07 Å². The molecule has 0 aliphatic carbocycles. The van der Waals surface area contributed by atoms with Crippen LogP contribution in [0.4, 0.5) is 0 Å². The first-order valence-electron chi connectivity index (χ1n) is 5.25. The Hall–Kier alpha value is -2.63. The summed E-state index contributed by atoms with van der Waals surface area (Å²) in [4.78, 5) is 22.1. The normalized spacial score (nSPS) is 10.0. The lowest BCUT2D eigenvalue weighted by molar-refractivity contribution is -0.117. The number of rotatable bonds is 4. The van der Waals surface area contributed by atoms with Gasteiger partial charge in [-0.3, -0.25) is 9.59 Å². The van der Waals surface area contributed by atoms with Crippen molar-refractivity contribution >= 4 is 11.8 Å². The third-order valence-electron chi connectivity index (χ3n) is 2.22. The third kappa shape index (κ3) is 2.73. The highest BCUT2D eigenvalue weighted by molar-refractivity contribution is 5.95. The van der Waals surface area contributed by atoms with Crippen LogP contribution in [0, 0.1) is 0 Å². The Morgan fingerprint density at radius 1 is 1.28 bits per heavy atom. The van der Waals surface area contributed by atoms with E-state index in [2.05, 4.69) is 10.5 Å². The van der Waals surface area contributed by atoms with Crippen LogP contribution in [0.25, 0.3) is 11.3 Å². The van der Waals surface area contributed by atoms with Crippen LogP contribution >= 0.6 is 0 Å². The van der Waals surface area contributed by atoms with E-state index in [0.717, 1.165) is 5.56 Å². The van der Waals surface area contributed by atoms with Crippen LogP contribution in [0.2, 0.25) is 0 Å². The summed E-state index contributed by atoms with van der Waals surface area (Å²) in [6, 6.07) is 10.8. The molecule has 1 aromatic heterocycles. The summed E-state index contributed by atoms with van der Waals surface area (Å²) < 4.78 is 5.05. The molecule has 0 spiro atoms. The second-order valence-electron chi connectivity index (χ2n) is 3.59. The minimum atomic E-state index is -0.616. The second kappa shape index (κ2) is 5.13. The molecule has 2 aromatic rings. The Kier molecular flexibility index (Phi) is 3.38. The number of nitrogens with one attached hydrogen (secondary N) is 1. The lowest BCUT2D eigenvalue weighted by atomic mass is 10.1. The fourth-order valence-electron chi connectivity index (χ4n) is 1.38. The quantitative estimate of drug-likeness (QED) is 0.822. The molecule has 0 saturated heterocycles. The average molecular weight is 245 g/mol. The van der Waals surface area contributed by atoms with Crippen LogP contribution in [0.5, 0.6) is 0 Å². The molecule has 0 unspecified atom stereocenters. The highest BCUT2D eigenvalue weighted by atomic mass is 16.5. The van der Waals surface area contributed by atoms with Gasteiger partial charge < -0.3 is 15.6 Å². The molecule has 0 saturated carbocycles. The van der Waals surface area contributed by atoms with E-state index in [0.29, 0.717) is 5.76 Å². The third-order valence-corrected chi connectivity index (χ3v) is 2.22. The van der Waals surface area contributed by atoms with Gasteiger partial charge in [-0.1, -0.05) is 35.5 Å². The van der Waals surface area contributed by atoms with Crippen molar-refractivity contribution in [2.24, 2.45) is 5.73 Å². The topological polar surface area (TPSA) is 98.2 Å². The molecule has 2 amide bonds. The number of nitrogens with zero attached hydrogens (tertiary/aromatic N) is 1. The molecule has 0 bridgehead atoms. The molecule has 6 nitrogen and oxygen atoms in total. The maximum atomic E-state index is 11.6. The molecule has 1 aromatic carbocycles. The predicted octanol–water partition coefficient (Wildman–Crippen LogP) is 0.557. The van der Waals surface area contributed by atoms with Gasteiger partial charge in [0.15, 0.2) is 11.5 Å². The molecule has 92 valence electrons. The zero-order valence-electron chi connectivity index (χ0n) is 9.42. The summed E-state index contributed by atoms with van der Waals surface area (Å²) in [6.07, 6.45) is 0. The van der Waals surface area contributed by atoms with Gasteiger partial charge in [-0.05, 0) is 0 Å². The lowest BCUT2D eigenvalue weighted by Crippen LogP contribution is -2.33. The van der Waals surface area contributed by atoms with Gasteiger partial charge in [0.1, 0.15) is 0 Å². The van der Waals surface area contributed by atoms with E-state index in [1.807, 2.05) is 30.3 Å². The molecule has 0 radical (unpaired) electrons. The number of aromatic nitrogens is 1. The molecule has 6 heteroatoms. The Balaban J connectivity index is 2.11. The molecule has 1 heterocycles. The molecule has 2 rings (SSSR count). The van der Waals surface area contributed by atoms with E-state index in [-0.39, 0.29) is 12.2 Å². The average Bonchev–Trinajstić information content (AvgIpc) is 2.86. The molecule has 0 atom stereocenters. The van der Waals surface area contributed by atoms with Gasteiger partial charge in [0, 0.05) is 11.6 Å². The van der Waals surface area contributed by atoms with Gasteiger partial charge in [0.25, 0.3) is 5.91 Å². The smallest absolute Gasteiger partial charge is 0.273 e. The van der Waals surface area contributed by atoms with Crippen molar-refractivity contribution in [2.75, 3.05) is 6.54 Å². The minimum Gasteiger partial charge on any atom is -0.368 e. The number of carbonyl (C=O) groups excluding carboxylic acids is 2. The fraction of sp³-hybridized carbons (Fsp3) is 0.0833. The highest BCUT2D eigenvalue weighted by Crippen LogP contribution is 2.19. The van der Waals surface area contributed by atoms with E-state index in [1.54, 1.807) is 0 Å². The van der Waals surface area contributed by atoms with Gasteiger partial charge in [-0.2, -0.15) is 0 Å². The van der Waals surface area contributed by atoms with E-state index in [4.69, 9.17) is 10.3 Å². The maximum Gasteiger partial charge on any atom is 0.273 e. The first-order valence-corrected chi connectivity index (χ1v) is 5.25. The molecule has 0 aliphatic rings. The standard InChI is InChI=1S/C12H11N3O3/c13-11(16)7-14-12(17)9-6-10(18-15-9)8-4-2-1-3-5-8/h1-6H,7H2,(H2,13,16)(H,14,17). The van der Waals surface area contributed by atoms with Crippen molar-refractivity contribution in [2.45, 2.75) is 0 Å². The number of hydrogen-bond acceptors (Lipinski definition) is 4. The van der Waals surface area contributed by atoms with Gasteiger partial charge in [-0.15, -0.1) is 0 Å². The summed E-state index contributed by atoms with van der Waals surface area (Å²) in [5, 5.41) is 5.96. The molecule has 0 aliphatic heterocycles. The number of amides is 2. The Morgan fingerprint density at radius 2 is 2.00 bits per heavy atom. The van der Waals surface area contributed by atoms with Crippen LogP contribution in [-0.2, 0) is 4.79 Å². The van der Waals surface area contributed by atoms with Crippen LogP contribution in [0.1, 0.15) is 10.5 Å². The van der Waals surface area contributed by atoms with Crippen molar-refractivity contribution in [3.05, 3.63) is 42.1 Å².